The summed E-state index contributed by atoms with van der Waals surface area (Å²) in [6.45, 7) is 0. The van der Waals surface area contributed by atoms with E-state index in [1.807, 2.05) is 6.07 Å². The van der Waals surface area contributed by atoms with E-state index in [2.05, 4.69) is 24.3 Å². The predicted octanol–water partition coefficient (Wildman–Crippen LogP) is 7.58. The van der Waals surface area contributed by atoms with E-state index >= 15 is 0 Å². The molecule has 0 saturated heterocycles. The standard InChI is InChI=1S/C29H42O2/c30-27(26-18-12-14-23-13-8-9-17-25(23)26)19-6-1-2-7-20-28(31)29(21-10-11-22-29)24-15-4-3-5-16-24/h3-5,15-16,23,25-26H,1-2,6-14,17-22H2. The Morgan fingerprint density at radius 1 is 0.742 bits per heavy atom. The van der Waals surface area contributed by atoms with Crippen LogP contribution in [0.25, 0.3) is 0 Å². The van der Waals surface area contributed by atoms with Crippen molar-refractivity contribution in [3.63, 3.8) is 0 Å². The van der Waals surface area contributed by atoms with E-state index in [1.165, 1.54) is 56.9 Å². The van der Waals surface area contributed by atoms with Crippen molar-refractivity contribution in [2.75, 3.05) is 0 Å². The molecule has 0 amide bonds. The Morgan fingerprint density at radius 2 is 1.42 bits per heavy atom. The average Bonchev–Trinajstić information content (AvgIpc) is 3.32. The van der Waals surface area contributed by atoms with Gasteiger partial charge in [-0.2, -0.15) is 0 Å². The molecule has 2 heteroatoms. The molecule has 1 aromatic rings. The number of carbonyl (C=O) groups is 2. The van der Waals surface area contributed by atoms with E-state index in [0.29, 0.717) is 29.8 Å². The third-order valence-corrected chi connectivity index (χ3v) is 8.88. The second-order valence-corrected chi connectivity index (χ2v) is 10.7. The summed E-state index contributed by atoms with van der Waals surface area (Å²) in [6, 6.07) is 10.5. The van der Waals surface area contributed by atoms with Crippen molar-refractivity contribution in [3.8, 4) is 0 Å². The van der Waals surface area contributed by atoms with Gasteiger partial charge in [-0.25, -0.2) is 0 Å². The first-order valence-electron chi connectivity index (χ1n) is 13.3. The van der Waals surface area contributed by atoms with Crippen molar-refractivity contribution >= 4 is 11.6 Å². The molecule has 0 N–H and O–H groups in total. The highest BCUT2D eigenvalue weighted by Crippen LogP contribution is 2.45. The molecule has 3 saturated carbocycles. The third-order valence-electron chi connectivity index (χ3n) is 8.88. The van der Waals surface area contributed by atoms with Crippen LogP contribution in [0.5, 0.6) is 0 Å². The maximum atomic E-state index is 13.2. The molecule has 3 aliphatic rings. The third kappa shape index (κ3) is 5.32. The number of hydrogen-bond acceptors (Lipinski definition) is 2. The van der Waals surface area contributed by atoms with Crippen LogP contribution in [-0.2, 0) is 15.0 Å². The van der Waals surface area contributed by atoms with Gasteiger partial charge >= 0.3 is 0 Å². The topological polar surface area (TPSA) is 34.1 Å². The first kappa shape index (κ1) is 22.7. The Kier molecular flexibility index (Phi) is 8.02. The molecule has 4 rings (SSSR count). The molecular formula is C29H42O2. The summed E-state index contributed by atoms with van der Waals surface area (Å²) in [6.07, 6.45) is 19.2. The molecule has 3 fully saturated rings. The van der Waals surface area contributed by atoms with Crippen molar-refractivity contribution in [3.05, 3.63) is 35.9 Å². The molecule has 0 spiro atoms. The van der Waals surface area contributed by atoms with Crippen LogP contribution in [0.1, 0.15) is 115 Å². The molecule has 0 bridgehead atoms. The fourth-order valence-corrected chi connectivity index (χ4v) is 7.17. The lowest BCUT2D eigenvalue weighted by Crippen LogP contribution is -2.35. The summed E-state index contributed by atoms with van der Waals surface area (Å²) in [4.78, 5) is 26.1. The van der Waals surface area contributed by atoms with Crippen molar-refractivity contribution in [2.24, 2.45) is 17.8 Å². The Hall–Kier alpha value is -1.44. The Bertz CT molecular complexity index is 714. The van der Waals surface area contributed by atoms with E-state index in [1.54, 1.807) is 0 Å². The number of ketones is 2. The maximum absolute atomic E-state index is 13.2. The molecular weight excluding hydrogens is 380 g/mol. The molecule has 3 atom stereocenters. The number of rotatable bonds is 10. The van der Waals surface area contributed by atoms with Crippen LogP contribution in [-0.4, -0.2) is 11.6 Å². The zero-order valence-electron chi connectivity index (χ0n) is 19.5. The van der Waals surface area contributed by atoms with E-state index in [4.69, 9.17) is 0 Å². The molecule has 3 aliphatic carbocycles. The minimum atomic E-state index is -0.214. The van der Waals surface area contributed by atoms with Gasteiger partial charge in [0.1, 0.15) is 11.6 Å². The summed E-state index contributed by atoms with van der Waals surface area (Å²) in [5.74, 6) is 2.93. The number of unbranched alkanes of at least 4 members (excludes halogenated alkanes) is 3. The highest BCUT2D eigenvalue weighted by molar-refractivity contribution is 5.90. The smallest absolute Gasteiger partial charge is 0.143 e. The first-order chi connectivity index (χ1) is 15.2. The number of carbonyl (C=O) groups excluding carboxylic acids is 2. The minimum Gasteiger partial charge on any atom is -0.299 e. The minimum absolute atomic E-state index is 0.214. The monoisotopic (exact) mass is 422 g/mol. The molecule has 0 aliphatic heterocycles. The van der Waals surface area contributed by atoms with Crippen LogP contribution in [0, 0.1) is 17.8 Å². The van der Waals surface area contributed by atoms with Crippen LogP contribution >= 0.6 is 0 Å². The van der Waals surface area contributed by atoms with Crippen LogP contribution in [0.4, 0.5) is 0 Å². The van der Waals surface area contributed by atoms with Gasteiger partial charge in [0.15, 0.2) is 0 Å². The van der Waals surface area contributed by atoms with Gasteiger partial charge in [0.2, 0.25) is 0 Å². The molecule has 0 heterocycles. The van der Waals surface area contributed by atoms with Gasteiger partial charge in [0.05, 0.1) is 5.41 Å². The van der Waals surface area contributed by atoms with Gasteiger partial charge in [-0.1, -0.05) is 88.1 Å². The van der Waals surface area contributed by atoms with Gasteiger partial charge in [0.25, 0.3) is 0 Å². The molecule has 170 valence electrons. The zero-order valence-corrected chi connectivity index (χ0v) is 19.5. The second kappa shape index (κ2) is 10.9. The number of hydrogen-bond donors (Lipinski definition) is 0. The summed E-state index contributed by atoms with van der Waals surface area (Å²) in [5.41, 5.74) is 1.02. The zero-order chi connectivity index (χ0) is 21.5. The number of fused-ring (bicyclic) bond motifs is 1. The van der Waals surface area contributed by atoms with Crippen molar-refractivity contribution < 1.29 is 9.59 Å². The molecule has 2 nitrogen and oxygen atoms in total. The quantitative estimate of drug-likeness (QED) is 0.364. The average molecular weight is 423 g/mol. The largest absolute Gasteiger partial charge is 0.299 e. The molecule has 3 unspecified atom stereocenters. The lowest BCUT2D eigenvalue weighted by molar-refractivity contribution is -0.127. The summed E-state index contributed by atoms with van der Waals surface area (Å²) >= 11 is 0. The Balaban J connectivity index is 1.17. The summed E-state index contributed by atoms with van der Waals surface area (Å²) in [5, 5.41) is 0. The highest BCUT2D eigenvalue weighted by Gasteiger charge is 2.41. The lowest BCUT2D eigenvalue weighted by atomic mass is 9.64. The number of benzene rings is 1. The fraction of sp³-hybridized carbons (Fsp3) is 0.724. The Morgan fingerprint density at radius 3 is 2.19 bits per heavy atom. The highest BCUT2D eigenvalue weighted by atomic mass is 16.1. The fourth-order valence-electron chi connectivity index (χ4n) is 7.17. The maximum Gasteiger partial charge on any atom is 0.143 e. The number of Topliss-reactive ketones (excluding diaryl/α,β-unsaturated/α-hetero) is 2. The van der Waals surface area contributed by atoms with Gasteiger partial charge in [-0.15, -0.1) is 0 Å². The lowest BCUT2D eigenvalue weighted by Gasteiger charge is -2.40. The van der Waals surface area contributed by atoms with Gasteiger partial charge < -0.3 is 0 Å². The van der Waals surface area contributed by atoms with E-state index in [-0.39, 0.29) is 5.41 Å². The van der Waals surface area contributed by atoms with Gasteiger partial charge in [-0.3, -0.25) is 9.59 Å². The van der Waals surface area contributed by atoms with Gasteiger partial charge in [0, 0.05) is 18.8 Å². The van der Waals surface area contributed by atoms with Crippen LogP contribution in [0.15, 0.2) is 30.3 Å². The molecule has 1 aromatic carbocycles. The van der Waals surface area contributed by atoms with Crippen molar-refractivity contribution in [1.29, 1.82) is 0 Å². The normalized spacial score (nSPS) is 27.5. The van der Waals surface area contributed by atoms with Crippen molar-refractivity contribution in [2.45, 2.75) is 115 Å². The van der Waals surface area contributed by atoms with Crippen LogP contribution < -0.4 is 0 Å². The summed E-state index contributed by atoms with van der Waals surface area (Å²) < 4.78 is 0. The summed E-state index contributed by atoms with van der Waals surface area (Å²) in [7, 11) is 0. The SMILES string of the molecule is O=C(CCCCCCC(=O)C1(c2ccccc2)CCCC1)C1CCCC2CCCCC21. The van der Waals surface area contributed by atoms with E-state index in [9.17, 15) is 9.59 Å². The van der Waals surface area contributed by atoms with Crippen LogP contribution in [0.2, 0.25) is 0 Å². The van der Waals surface area contributed by atoms with E-state index < -0.39 is 0 Å². The second-order valence-electron chi connectivity index (χ2n) is 10.7. The molecule has 0 radical (unpaired) electrons. The van der Waals surface area contributed by atoms with E-state index in [0.717, 1.165) is 57.3 Å². The molecule has 31 heavy (non-hydrogen) atoms. The molecule has 0 aromatic heterocycles. The van der Waals surface area contributed by atoms with Gasteiger partial charge in [-0.05, 0) is 55.9 Å². The Labute approximate surface area is 189 Å². The predicted molar refractivity (Wildman–Crippen MR) is 127 cm³/mol. The first-order valence-corrected chi connectivity index (χ1v) is 13.3. The van der Waals surface area contributed by atoms with Crippen molar-refractivity contribution in [1.82, 2.24) is 0 Å². The van der Waals surface area contributed by atoms with Crippen LogP contribution in [0.3, 0.4) is 0 Å².